The van der Waals surface area contributed by atoms with E-state index in [-0.39, 0.29) is 9.92 Å². The molecule has 1 fully saturated rings. The summed E-state index contributed by atoms with van der Waals surface area (Å²) in [5.41, 5.74) is 0.892. The minimum atomic E-state index is -3.45. The Morgan fingerprint density at radius 2 is 1.94 bits per heavy atom. The molecule has 1 saturated heterocycles. The van der Waals surface area contributed by atoms with Gasteiger partial charge >= 0.3 is 0 Å². The lowest BCUT2D eigenvalue weighted by Crippen LogP contribution is -2.46. The Morgan fingerprint density at radius 1 is 1.29 bits per heavy atom. The van der Waals surface area contributed by atoms with Gasteiger partial charge in [0.25, 0.3) is 0 Å². The van der Waals surface area contributed by atoms with Gasteiger partial charge in [0, 0.05) is 26.2 Å². The van der Waals surface area contributed by atoms with Gasteiger partial charge in [-0.1, -0.05) is 17.7 Å². The van der Waals surface area contributed by atoms with Crippen molar-refractivity contribution in [1.29, 1.82) is 0 Å². The van der Waals surface area contributed by atoms with Crippen LogP contribution in [0.2, 0.25) is 5.02 Å². The highest BCUT2D eigenvalue weighted by Crippen LogP contribution is 2.25. The van der Waals surface area contributed by atoms with E-state index in [4.69, 9.17) is 11.6 Å². The van der Waals surface area contributed by atoms with E-state index in [0.29, 0.717) is 26.2 Å². The third-order valence-electron chi connectivity index (χ3n) is 2.78. The van der Waals surface area contributed by atoms with Crippen LogP contribution in [0.4, 0.5) is 0 Å². The molecule has 17 heavy (non-hydrogen) atoms. The van der Waals surface area contributed by atoms with Gasteiger partial charge in [-0.25, -0.2) is 8.42 Å². The third-order valence-corrected chi connectivity index (χ3v) is 5.16. The molecule has 4 nitrogen and oxygen atoms in total. The number of rotatable bonds is 2. The number of benzene rings is 1. The van der Waals surface area contributed by atoms with Crippen LogP contribution in [-0.2, 0) is 10.0 Å². The molecule has 0 amide bonds. The summed E-state index contributed by atoms with van der Waals surface area (Å²) in [6, 6.07) is 5.06. The number of nitrogens with zero attached hydrogens (tertiary/aromatic N) is 1. The molecule has 1 aliphatic heterocycles. The molecule has 0 atom stereocenters. The predicted octanol–water partition coefficient (Wildman–Crippen LogP) is 1.24. The smallest absolute Gasteiger partial charge is 0.244 e. The monoisotopic (exact) mass is 274 g/mol. The van der Waals surface area contributed by atoms with Crippen molar-refractivity contribution in [1.82, 2.24) is 9.62 Å². The first kappa shape index (κ1) is 12.8. The molecule has 1 heterocycles. The number of hydrogen-bond acceptors (Lipinski definition) is 3. The Balaban J connectivity index is 2.40. The molecule has 0 bridgehead atoms. The van der Waals surface area contributed by atoms with Crippen LogP contribution in [-0.4, -0.2) is 38.9 Å². The summed E-state index contributed by atoms with van der Waals surface area (Å²) in [4.78, 5) is 0.209. The third kappa shape index (κ3) is 2.63. The van der Waals surface area contributed by atoms with Crippen molar-refractivity contribution in [2.75, 3.05) is 26.2 Å². The van der Waals surface area contributed by atoms with Crippen molar-refractivity contribution in [2.24, 2.45) is 0 Å². The van der Waals surface area contributed by atoms with Gasteiger partial charge in [-0.15, -0.1) is 0 Å². The SMILES string of the molecule is Cc1ccc(Cl)c(S(=O)(=O)N2CCNCC2)c1. The molecule has 0 spiro atoms. The minimum absolute atomic E-state index is 0.209. The number of piperazine rings is 1. The summed E-state index contributed by atoms with van der Waals surface area (Å²) >= 11 is 5.98. The van der Waals surface area contributed by atoms with E-state index >= 15 is 0 Å². The zero-order valence-corrected chi connectivity index (χ0v) is 11.2. The van der Waals surface area contributed by atoms with Crippen LogP contribution in [0.25, 0.3) is 0 Å². The van der Waals surface area contributed by atoms with Gasteiger partial charge in [-0.05, 0) is 24.6 Å². The van der Waals surface area contributed by atoms with Gasteiger partial charge in [0.05, 0.1) is 5.02 Å². The largest absolute Gasteiger partial charge is 0.314 e. The molecule has 0 aliphatic carbocycles. The van der Waals surface area contributed by atoms with Crippen molar-refractivity contribution in [2.45, 2.75) is 11.8 Å². The van der Waals surface area contributed by atoms with Gasteiger partial charge in [-0.2, -0.15) is 4.31 Å². The lowest BCUT2D eigenvalue weighted by molar-refractivity contribution is 0.360. The van der Waals surface area contributed by atoms with Gasteiger partial charge < -0.3 is 5.32 Å². The normalized spacial score (nSPS) is 18.2. The molecule has 0 unspecified atom stereocenters. The Morgan fingerprint density at radius 3 is 2.59 bits per heavy atom. The summed E-state index contributed by atoms with van der Waals surface area (Å²) in [6.45, 7) is 4.21. The minimum Gasteiger partial charge on any atom is -0.314 e. The standard InChI is InChI=1S/C11H15ClN2O2S/c1-9-2-3-10(12)11(8-9)17(15,16)14-6-4-13-5-7-14/h2-3,8,13H,4-7H2,1H3. The highest BCUT2D eigenvalue weighted by molar-refractivity contribution is 7.89. The van der Waals surface area contributed by atoms with Gasteiger partial charge in [0.1, 0.15) is 4.90 Å². The summed E-state index contributed by atoms with van der Waals surface area (Å²) in [6.07, 6.45) is 0. The van der Waals surface area contributed by atoms with Gasteiger partial charge in [0.15, 0.2) is 0 Å². The summed E-state index contributed by atoms with van der Waals surface area (Å²) in [7, 11) is -3.45. The Bertz CT molecular complexity index is 510. The lowest BCUT2D eigenvalue weighted by atomic mass is 10.2. The quantitative estimate of drug-likeness (QED) is 0.883. The Labute approximate surface area is 107 Å². The second kappa shape index (κ2) is 4.94. The number of sulfonamides is 1. The van der Waals surface area contributed by atoms with Gasteiger partial charge in [0.2, 0.25) is 10.0 Å². The average molecular weight is 275 g/mol. The molecule has 2 rings (SSSR count). The van der Waals surface area contributed by atoms with Crippen molar-refractivity contribution < 1.29 is 8.42 Å². The fraction of sp³-hybridized carbons (Fsp3) is 0.455. The number of aryl methyl sites for hydroxylation is 1. The Kier molecular flexibility index (Phi) is 3.73. The Hall–Kier alpha value is -0.620. The van der Waals surface area contributed by atoms with E-state index < -0.39 is 10.0 Å². The maximum Gasteiger partial charge on any atom is 0.244 e. The van der Waals surface area contributed by atoms with Crippen LogP contribution < -0.4 is 5.32 Å². The molecular weight excluding hydrogens is 260 g/mol. The zero-order chi connectivity index (χ0) is 12.5. The summed E-state index contributed by atoms with van der Waals surface area (Å²) in [5, 5.41) is 3.41. The van der Waals surface area contributed by atoms with Crippen molar-refractivity contribution >= 4 is 21.6 Å². The number of halogens is 1. The number of nitrogens with one attached hydrogen (secondary N) is 1. The van der Waals surface area contributed by atoms with Crippen molar-refractivity contribution in [3.05, 3.63) is 28.8 Å². The maximum absolute atomic E-state index is 12.4. The fourth-order valence-electron chi connectivity index (χ4n) is 1.83. The first-order valence-electron chi connectivity index (χ1n) is 5.49. The summed E-state index contributed by atoms with van der Waals surface area (Å²) in [5.74, 6) is 0. The van der Waals surface area contributed by atoms with Gasteiger partial charge in [-0.3, -0.25) is 0 Å². The molecule has 0 saturated carbocycles. The second-order valence-electron chi connectivity index (χ2n) is 4.09. The summed E-state index contributed by atoms with van der Waals surface area (Å²) < 4.78 is 26.2. The second-order valence-corrected chi connectivity index (χ2v) is 6.40. The predicted molar refractivity (Wildman–Crippen MR) is 67.8 cm³/mol. The van der Waals surface area contributed by atoms with E-state index in [1.165, 1.54) is 4.31 Å². The van der Waals surface area contributed by atoms with Crippen molar-refractivity contribution in [3.8, 4) is 0 Å². The van der Waals surface area contributed by atoms with E-state index in [0.717, 1.165) is 5.56 Å². The molecule has 6 heteroatoms. The molecule has 0 aromatic heterocycles. The van der Waals surface area contributed by atoms with E-state index in [1.807, 2.05) is 6.92 Å². The van der Waals surface area contributed by atoms with Crippen molar-refractivity contribution in [3.63, 3.8) is 0 Å². The van der Waals surface area contributed by atoms with Crippen LogP contribution >= 0.6 is 11.6 Å². The molecule has 0 radical (unpaired) electrons. The van der Waals surface area contributed by atoms with E-state index in [9.17, 15) is 8.42 Å². The molecule has 1 aromatic rings. The molecule has 94 valence electrons. The van der Waals surface area contributed by atoms with Crippen LogP contribution in [0, 0.1) is 6.92 Å². The fourth-order valence-corrected chi connectivity index (χ4v) is 3.83. The van der Waals surface area contributed by atoms with Crippen LogP contribution in [0.1, 0.15) is 5.56 Å². The lowest BCUT2D eigenvalue weighted by Gasteiger charge is -2.27. The zero-order valence-electron chi connectivity index (χ0n) is 9.61. The maximum atomic E-state index is 12.4. The number of hydrogen-bond donors (Lipinski definition) is 1. The molecule has 1 aliphatic rings. The van der Waals surface area contributed by atoms with Crippen LogP contribution in [0.3, 0.4) is 0 Å². The molecular formula is C11H15ClN2O2S. The van der Waals surface area contributed by atoms with Crippen LogP contribution in [0.15, 0.2) is 23.1 Å². The molecule has 1 N–H and O–H groups in total. The highest BCUT2D eigenvalue weighted by atomic mass is 35.5. The average Bonchev–Trinajstić information content (AvgIpc) is 2.33. The van der Waals surface area contributed by atoms with E-state index in [2.05, 4.69) is 5.32 Å². The van der Waals surface area contributed by atoms with E-state index in [1.54, 1.807) is 18.2 Å². The first-order chi connectivity index (χ1) is 8.01. The van der Waals surface area contributed by atoms with Crippen LogP contribution in [0.5, 0.6) is 0 Å². The molecule has 1 aromatic carbocycles. The topological polar surface area (TPSA) is 49.4 Å². The highest BCUT2D eigenvalue weighted by Gasteiger charge is 2.27. The first-order valence-corrected chi connectivity index (χ1v) is 7.30.